The number of amides is 2. The molecule has 102 valence electrons. The molecule has 0 radical (unpaired) electrons. The Bertz CT molecular complexity index is 511. The number of rotatable bonds is 5. The lowest BCUT2D eigenvalue weighted by Crippen LogP contribution is -2.37. The summed E-state index contributed by atoms with van der Waals surface area (Å²) in [6.07, 6.45) is 4.15. The first-order chi connectivity index (χ1) is 9.06. The van der Waals surface area contributed by atoms with Crippen LogP contribution in [-0.4, -0.2) is 22.8 Å². The van der Waals surface area contributed by atoms with Crippen molar-refractivity contribution in [1.82, 2.24) is 4.90 Å². The van der Waals surface area contributed by atoms with Crippen LogP contribution < -0.4 is 5.73 Å². The predicted octanol–water partition coefficient (Wildman–Crippen LogP) is 2.83. The molecule has 0 spiro atoms. The van der Waals surface area contributed by atoms with Crippen molar-refractivity contribution in [1.29, 1.82) is 0 Å². The number of nitrogen functional groups attached to an aromatic ring is 1. The number of hydrogen-bond acceptors (Lipinski definition) is 3. The van der Waals surface area contributed by atoms with Gasteiger partial charge in [0.2, 0.25) is 0 Å². The van der Waals surface area contributed by atoms with Gasteiger partial charge in [0.15, 0.2) is 0 Å². The van der Waals surface area contributed by atoms with Gasteiger partial charge in [0.1, 0.15) is 0 Å². The third-order valence-corrected chi connectivity index (χ3v) is 3.61. The zero-order valence-corrected chi connectivity index (χ0v) is 11.5. The minimum Gasteiger partial charge on any atom is -0.399 e. The SMILES string of the molecule is CCCCCC(C)N1C(=O)c2ccc(N)cc2C1=O. The zero-order valence-electron chi connectivity index (χ0n) is 11.5. The van der Waals surface area contributed by atoms with Crippen molar-refractivity contribution in [3.8, 4) is 0 Å². The summed E-state index contributed by atoms with van der Waals surface area (Å²) in [4.78, 5) is 25.9. The molecule has 0 aliphatic carbocycles. The van der Waals surface area contributed by atoms with Crippen LogP contribution in [0, 0.1) is 0 Å². The minimum absolute atomic E-state index is 0.0554. The number of imide groups is 1. The number of carbonyl (C=O) groups excluding carboxylic acids is 2. The van der Waals surface area contributed by atoms with E-state index in [0.29, 0.717) is 16.8 Å². The van der Waals surface area contributed by atoms with Gasteiger partial charge in [0, 0.05) is 11.7 Å². The minimum atomic E-state index is -0.212. The molecule has 0 aromatic heterocycles. The topological polar surface area (TPSA) is 63.4 Å². The van der Waals surface area contributed by atoms with Crippen LogP contribution in [0.5, 0.6) is 0 Å². The number of nitrogens with two attached hydrogens (primary N) is 1. The third-order valence-electron chi connectivity index (χ3n) is 3.61. The Morgan fingerprint density at radius 2 is 1.84 bits per heavy atom. The maximum atomic E-state index is 12.3. The number of anilines is 1. The Morgan fingerprint density at radius 3 is 2.53 bits per heavy atom. The lowest BCUT2D eigenvalue weighted by molar-refractivity contribution is 0.0588. The largest absolute Gasteiger partial charge is 0.399 e. The second kappa shape index (κ2) is 5.43. The fraction of sp³-hybridized carbons (Fsp3) is 0.467. The summed E-state index contributed by atoms with van der Waals surface area (Å²) in [7, 11) is 0. The van der Waals surface area contributed by atoms with Crippen LogP contribution in [0.2, 0.25) is 0 Å². The molecule has 0 bridgehead atoms. The Morgan fingerprint density at radius 1 is 1.16 bits per heavy atom. The number of benzene rings is 1. The molecule has 1 aliphatic heterocycles. The molecule has 19 heavy (non-hydrogen) atoms. The second-order valence-corrected chi connectivity index (χ2v) is 5.13. The first-order valence-electron chi connectivity index (χ1n) is 6.83. The Kier molecular flexibility index (Phi) is 3.88. The second-order valence-electron chi connectivity index (χ2n) is 5.13. The van der Waals surface area contributed by atoms with Gasteiger partial charge in [-0.2, -0.15) is 0 Å². The first-order valence-corrected chi connectivity index (χ1v) is 6.83. The van der Waals surface area contributed by atoms with Gasteiger partial charge in [0.25, 0.3) is 11.8 Å². The number of hydrogen-bond donors (Lipinski definition) is 1. The monoisotopic (exact) mass is 260 g/mol. The van der Waals surface area contributed by atoms with Crippen molar-refractivity contribution < 1.29 is 9.59 Å². The summed E-state index contributed by atoms with van der Waals surface area (Å²) in [5.74, 6) is -0.403. The normalized spacial score (nSPS) is 15.8. The molecule has 4 nitrogen and oxygen atoms in total. The van der Waals surface area contributed by atoms with E-state index in [-0.39, 0.29) is 17.9 Å². The maximum absolute atomic E-state index is 12.3. The predicted molar refractivity (Wildman–Crippen MR) is 75.0 cm³/mol. The van der Waals surface area contributed by atoms with Crippen LogP contribution in [0.3, 0.4) is 0 Å². The molecule has 1 aromatic rings. The van der Waals surface area contributed by atoms with E-state index in [1.807, 2.05) is 6.92 Å². The summed E-state index contributed by atoms with van der Waals surface area (Å²) in [5.41, 5.74) is 7.10. The lowest BCUT2D eigenvalue weighted by Gasteiger charge is -2.22. The molecular weight excluding hydrogens is 240 g/mol. The van der Waals surface area contributed by atoms with Crippen LogP contribution in [0.25, 0.3) is 0 Å². The van der Waals surface area contributed by atoms with Crippen LogP contribution in [0.1, 0.15) is 60.2 Å². The van der Waals surface area contributed by atoms with Crippen molar-refractivity contribution in [2.45, 2.75) is 45.6 Å². The summed E-state index contributed by atoms with van der Waals surface area (Å²) in [5, 5.41) is 0. The Balaban J connectivity index is 2.17. The molecule has 1 aromatic carbocycles. The quantitative estimate of drug-likeness (QED) is 0.503. The highest BCUT2D eigenvalue weighted by molar-refractivity contribution is 6.21. The Hall–Kier alpha value is -1.84. The molecular formula is C15H20N2O2. The van der Waals surface area contributed by atoms with Crippen molar-refractivity contribution in [2.24, 2.45) is 0 Å². The number of unbranched alkanes of at least 4 members (excludes halogenated alkanes) is 2. The summed E-state index contributed by atoms with van der Waals surface area (Å²) in [6, 6.07) is 4.84. The van der Waals surface area contributed by atoms with E-state index >= 15 is 0 Å². The van der Waals surface area contributed by atoms with Gasteiger partial charge in [-0.3, -0.25) is 14.5 Å². The van der Waals surface area contributed by atoms with Crippen molar-refractivity contribution in [2.75, 3.05) is 5.73 Å². The molecule has 0 fully saturated rings. The van der Waals surface area contributed by atoms with E-state index in [4.69, 9.17) is 5.73 Å². The third kappa shape index (κ3) is 2.48. The van der Waals surface area contributed by atoms with Gasteiger partial charge < -0.3 is 5.73 Å². The van der Waals surface area contributed by atoms with Crippen LogP contribution in [0.15, 0.2) is 18.2 Å². The van der Waals surface area contributed by atoms with Gasteiger partial charge in [-0.05, 0) is 31.5 Å². The first kappa shape index (κ1) is 13.6. The fourth-order valence-corrected chi connectivity index (χ4v) is 2.50. The Labute approximate surface area is 113 Å². The van der Waals surface area contributed by atoms with E-state index < -0.39 is 0 Å². The number of nitrogens with zero attached hydrogens (tertiary/aromatic N) is 1. The van der Waals surface area contributed by atoms with Gasteiger partial charge in [-0.1, -0.05) is 26.2 Å². The zero-order chi connectivity index (χ0) is 14.0. The van der Waals surface area contributed by atoms with Gasteiger partial charge in [0.05, 0.1) is 11.1 Å². The summed E-state index contributed by atoms with van der Waals surface area (Å²) >= 11 is 0. The number of carbonyl (C=O) groups is 2. The molecule has 1 heterocycles. The highest BCUT2D eigenvalue weighted by atomic mass is 16.2. The molecule has 1 unspecified atom stereocenters. The average Bonchev–Trinajstić information content (AvgIpc) is 2.62. The van der Waals surface area contributed by atoms with Gasteiger partial charge >= 0.3 is 0 Å². The molecule has 2 rings (SSSR count). The lowest BCUT2D eigenvalue weighted by atomic mass is 10.1. The standard InChI is InChI=1S/C15H20N2O2/c1-3-4-5-6-10(2)17-14(18)12-8-7-11(16)9-13(12)15(17)19/h7-10H,3-6,16H2,1-2H3. The van der Waals surface area contributed by atoms with Crippen LogP contribution >= 0.6 is 0 Å². The van der Waals surface area contributed by atoms with Crippen LogP contribution in [-0.2, 0) is 0 Å². The number of fused-ring (bicyclic) bond motifs is 1. The van der Waals surface area contributed by atoms with Gasteiger partial charge in [-0.25, -0.2) is 0 Å². The van der Waals surface area contributed by atoms with Crippen molar-refractivity contribution in [3.05, 3.63) is 29.3 Å². The fourth-order valence-electron chi connectivity index (χ4n) is 2.50. The van der Waals surface area contributed by atoms with E-state index in [1.165, 1.54) is 4.90 Å². The van der Waals surface area contributed by atoms with Crippen molar-refractivity contribution >= 4 is 17.5 Å². The van der Waals surface area contributed by atoms with E-state index in [2.05, 4.69) is 6.92 Å². The molecule has 0 saturated heterocycles. The molecule has 4 heteroatoms. The summed E-state index contributed by atoms with van der Waals surface area (Å²) < 4.78 is 0. The van der Waals surface area contributed by atoms with E-state index in [1.54, 1.807) is 18.2 Å². The van der Waals surface area contributed by atoms with E-state index in [0.717, 1.165) is 25.7 Å². The maximum Gasteiger partial charge on any atom is 0.261 e. The highest BCUT2D eigenvalue weighted by Crippen LogP contribution is 2.27. The van der Waals surface area contributed by atoms with E-state index in [9.17, 15) is 9.59 Å². The van der Waals surface area contributed by atoms with Crippen LogP contribution in [0.4, 0.5) is 5.69 Å². The average molecular weight is 260 g/mol. The molecule has 1 atom stereocenters. The van der Waals surface area contributed by atoms with Gasteiger partial charge in [-0.15, -0.1) is 0 Å². The molecule has 2 N–H and O–H groups in total. The smallest absolute Gasteiger partial charge is 0.261 e. The molecule has 2 amide bonds. The molecule has 1 aliphatic rings. The highest BCUT2D eigenvalue weighted by Gasteiger charge is 2.38. The molecule has 0 saturated carbocycles. The van der Waals surface area contributed by atoms with Crippen molar-refractivity contribution in [3.63, 3.8) is 0 Å². The summed E-state index contributed by atoms with van der Waals surface area (Å²) in [6.45, 7) is 4.07.